The Kier molecular flexibility index (Phi) is 5.15. The second-order valence-electron chi connectivity index (χ2n) is 9.29. The van der Waals surface area contributed by atoms with Crippen molar-refractivity contribution in [3.05, 3.63) is 129 Å². The molecule has 0 aromatic heterocycles. The van der Waals surface area contributed by atoms with Crippen LogP contribution in [-0.2, 0) is 6.54 Å². The smallest absolute Gasteiger partial charge is 0.251 e. The van der Waals surface area contributed by atoms with Crippen LogP contribution < -0.4 is 11.1 Å². The van der Waals surface area contributed by atoms with Crippen molar-refractivity contribution in [2.45, 2.75) is 18.4 Å². The Morgan fingerprint density at radius 1 is 0.784 bits per heavy atom. The summed E-state index contributed by atoms with van der Waals surface area (Å²) in [5, 5.41) is 9.90. The molecule has 0 saturated carbocycles. The molecule has 184 valence electrons. The van der Waals surface area contributed by atoms with E-state index in [-0.39, 0.29) is 29.5 Å². The van der Waals surface area contributed by atoms with Crippen LogP contribution in [0.4, 0.5) is 17.6 Å². The summed E-state index contributed by atoms with van der Waals surface area (Å²) in [4.78, 5) is 12.8. The van der Waals surface area contributed by atoms with Crippen LogP contribution in [0.15, 0.2) is 66.7 Å². The number of nitrogens with two attached hydrogens (primary N) is 1. The van der Waals surface area contributed by atoms with Gasteiger partial charge in [-0.3, -0.25) is 10.2 Å². The highest BCUT2D eigenvalue weighted by Crippen LogP contribution is 2.63. The monoisotopic (exact) mass is 501 g/mol. The zero-order valence-electron chi connectivity index (χ0n) is 19.2. The van der Waals surface area contributed by atoms with Crippen LogP contribution in [0.5, 0.6) is 0 Å². The lowest BCUT2D eigenvalue weighted by Gasteiger charge is -2.50. The molecule has 2 atom stereocenters. The number of nitrogens with one attached hydrogen (secondary N) is 2. The maximum Gasteiger partial charge on any atom is 0.251 e. The molecule has 1 unspecified atom stereocenters. The van der Waals surface area contributed by atoms with E-state index in [1.807, 2.05) is 24.3 Å². The number of nitrogen functional groups attached to an aromatic ring is 1. The summed E-state index contributed by atoms with van der Waals surface area (Å²) in [6, 6.07) is 16.3. The fraction of sp³-hybridized carbons (Fsp3) is 0.103. The van der Waals surface area contributed by atoms with E-state index in [1.165, 1.54) is 12.1 Å². The summed E-state index contributed by atoms with van der Waals surface area (Å²) < 4.78 is 56.0. The predicted octanol–water partition coefficient (Wildman–Crippen LogP) is 5.71. The first-order valence-corrected chi connectivity index (χ1v) is 11.6. The van der Waals surface area contributed by atoms with E-state index in [0.717, 1.165) is 40.5 Å². The Hall–Kier alpha value is -4.46. The van der Waals surface area contributed by atoms with Gasteiger partial charge in [-0.2, -0.15) is 0 Å². The van der Waals surface area contributed by atoms with E-state index in [0.29, 0.717) is 16.7 Å². The molecule has 0 radical (unpaired) electrons. The summed E-state index contributed by atoms with van der Waals surface area (Å²) in [7, 11) is 0. The topological polar surface area (TPSA) is 79.0 Å². The molecule has 4 aromatic rings. The minimum atomic E-state index is -0.839. The number of carbonyl (C=O) groups excluding carboxylic acids is 1. The van der Waals surface area contributed by atoms with Crippen molar-refractivity contribution in [1.82, 2.24) is 5.32 Å². The van der Waals surface area contributed by atoms with Gasteiger partial charge in [0, 0.05) is 41.1 Å². The van der Waals surface area contributed by atoms with Crippen LogP contribution in [0.2, 0.25) is 0 Å². The Bertz CT molecular complexity index is 1650. The minimum absolute atomic E-state index is 0.0617. The first kappa shape index (κ1) is 23.0. The highest BCUT2D eigenvalue weighted by Gasteiger charge is 2.49. The van der Waals surface area contributed by atoms with Gasteiger partial charge in [-0.05, 0) is 64.2 Å². The fourth-order valence-electron chi connectivity index (χ4n) is 5.36. The third kappa shape index (κ3) is 3.59. The highest BCUT2D eigenvalue weighted by atomic mass is 19.1. The molecule has 4 aromatic carbocycles. The average Bonchev–Trinajstić information content (AvgIpc) is 2.84. The number of amides is 1. The van der Waals surface area contributed by atoms with Gasteiger partial charge in [0.1, 0.15) is 29.1 Å². The van der Waals surface area contributed by atoms with E-state index in [1.54, 1.807) is 12.1 Å². The lowest BCUT2D eigenvalue weighted by molar-refractivity contribution is 0.0950. The number of halogens is 4. The molecule has 0 heterocycles. The molecular formula is C29H19F4N3O. The van der Waals surface area contributed by atoms with Crippen LogP contribution in [-0.4, -0.2) is 11.7 Å². The molecule has 6 rings (SSSR count). The van der Waals surface area contributed by atoms with E-state index in [4.69, 9.17) is 11.1 Å². The molecule has 8 heteroatoms. The molecule has 2 aliphatic carbocycles. The van der Waals surface area contributed by atoms with Gasteiger partial charge in [-0.25, -0.2) is 17.6 Å². The van der Waals surface area contributed by atoms with Gasteiger partial charge in [0.2, 0.25) is 0 Å². The normalized spacial score (nSPS) is 16.5. The van der Waals surface area contributed by atoms with Gasteiger partial charge in [-0.15, -0.1) is 0 Å². The first-order chi connectivity index (χ1) is 17.7. The van der Waals surface area contributed by atoms with Crippen LogP contribution in [0, 0.1) is 28.7 Å². The van der Waals surface area contributed by atoms with Gasteiger partial charge in [-0.1, -0.05) is 24.3 Å². The SMILES string of the molecule is N=C(N)c1cc(F)c(CNC(=O)c2ccc3c(c2)C2c4cc(-c5ccc(F)cc5F)ccc4[C@@H]32)cc1F. The third-order valence-corrected chi connectivity index (χ3v) is 7.22. The van der Waals surface area contributed by atoms with Crippen molar-refractivity contribution < 1.29 is 22.4 Å². The van der Waals surface area contributed by atoms with Crippen molar-refractivity contribution in [1.29, 1.82) is 5.41 Å². The maximum absolute atomic E-state index is 14.3. The number of hydrogen-bond donors (Lipinski definition) is 3. The van der Waals surface area contributed by atoms with Crippen molar-refractivity contribution in [3.63, 3.8) is 0 Å². The zero-order chi connectivity index (χ0) is 26.0. The lowest BCUT2D eigenvalue weighted by atomic mass is 9.52. The molecular weight excluding hydrogens is 482 g/mol. The molecule has 0 spiro atoms. The standard InChI is InChI=1S/C29H19F4N3O/c30-16-3-6-17(25(33)10-16)13-1-4-18-20(7-13)27-21-8-14(2-5-19(21)26(18)27)29(37)36-12-15-9-24(32)22(28(34)35)11-23(15)31/h1-11,26-27H,12H2,(H3,34,35)(H,36,37)/t26-,27?/m0/s1. The third-order valence-electron chi connectivity index (χ3n) is 7.22. The summed E-state index contributed by atoms with van der Waals surface area (Å²) in [5.41, 5.74) is 10.5. The number of benzene rings is 4. The van der Waals surface area contributed by atoms with Gasteiger partial charge >= 0.3 is 0 Å². The van der Waals surface area contributed by atoms with Crippen LogP contribution in [0.1, 0.15) is 55.6 Å². The quantitative estimate of drug-likeness (QED) is 0.186. The molecule has 4 nitrogen and oxygen atoms in total. The molecule has 0 saturated heterocycles. The number of fused-ring (bicyclic) bond motifs is 7. The predicted molar refractivity (Wildman–Crippen MR) is 130 cm³/mol. The second-order valence-corrected chi connectivity index (χ2v) is 9.29. The van der Waals surface area contributed by atoms with E-state index in [9.17, 15) is 22.4 Å². The molecule has 1 amide bonds. The van der Waals surface area contributed by atoms with Gasteiger partial charge in [0.05, 0.1) is 5.56 Å². The number of amidine groups is 1. The molecule has 4 N–H and O–H groups in total. The molecule has 0 bridgehead atoms. The van der Waals surface area contributed by atoms with Crippen LogP contribution in [0.25, 0.3) is 11.1 Å². The summed E-state index contributed by atoms with van der Waals surface area (Å²) in [6.07, 6.45) is 0. The van der Waals surface area contributed by atoms with Crippen molar-refractivity contribution in [3.8, 4) is 11.1 Å². The van der Waals surface area contributed by atoms with Gasteiger partial charge < -0.3 is 11.1 Å². The largest absolute Gasteiger partial charge is 0.384 e. The number of rotatable bonds is 5. The Labute approximate surface area is 209 Å². The van der Waals surface area contributed by atoms with E-state index < -0.39 is 35.0 Å². The first-order valence-electron chi connectivity index (χ1n) is 11.6. The summed E-state index contributed by atoms with van der Waals surface area (Å²) in [5.74, 6) is -3.61. The van der Waals surface area contributed by atoms with Crippen LogP contribution >= 0.6 is 0 Å². The summed E-state index contributed by atoms with van der Waals surface area (Å²) >= 11 is 0. The molecule has 0 fully saturated rings. The Morgan fingerprint density at radius 2 is 1.49 bits per heavy atom. The van der Waals surface area contributed by atoms with Crippen molar-refractivity contribution in [2.24, 2.45) is 5.73 Å². The molecule has 2 aliphatic rings. The zero-order valence-corrected chi connectivity index (χ0v) is 19.2. The van der Waals surface area contributed by atoms with Crippen molar-refractivity contribution >= 4 is 11.7 Å². The van der Waals surface area contributed by atoms with Gasteiger partial charge in [0.25, 0.3) is 5.91 Å². The minimum Gasteiger partial charge on any atom is -0.384 e. The maximum atomic E-state index is 14.3. The Balaban J connectivity index is 1.21. The van der Waals surface area contributed by atoms with E-state index >= 15 is 0 Å². The summed E-state index contributed by atoms with van der Waals surface area (Å²) in [6.45, 7) is -0.238. The van der Waals surface area contributed by atoms with Crippen LogP contribution in [0.3, 0.4) is 0 Å². The number of hydrogen-bond acceptors (Lipinski definition) is 2. The van der Waals surface area contributed by atoms with E-state index in [2.05, 4.69) is 5.32 Å². The molecule has 0 aliphatic heterocycles. The highest BCUT2D eigenvalue weighted by molar-refractivity contribution is 5.96. The van der Waals surface area contributed by atoms with Gasteiger partial charge in [0.15, 0.2) is 0 Å². The number of carbonyl (C=O) groups is 1. The fourth-order valence-corrected chi connectivity index (χ4v) is 5.36. The second kappa shape index (κ2) is 8.30. The molecule has 37 heavy (non-hydrogen) atoms. The average molecular weight is 501 g/mol. The Morgan fingerprint density at radius 3 is 2.22 bits per heavy atom. The lowest BCUT2D eigenvalue weighted by Crippen LogP contribution is -2.36. The van der Waals surface area contributed by atoms with Crippen molar-refractivity contribution in [2.75, 3.05) is 0 Å².